The maximum absolute atomic E-state index is 12.0. The lowest BCUT2D eigenvalue weighted by Gasteiger charge is -2.05. The molecule has 0 unspecified atom stereocenters. The van der Waals surface area contributed by atoms with Crippen LogP contribution in [0.2, 0.25) is 0 Å². The first kappa shape index (κ1) is 18.5. The zero-order chi connectivity index (χ0) is 19.2. The van der Waals surface area contributed by atoms with Gasteiger partial charge < -0.3 is 15.0 Å². The summed E-state index contributed by atoms with van der Waals surface area (Å²) in [6, 6.07) is 15.3. The van der Waals surface area contributed by atoms with Crippen LogP contribution in [0.5, 0.6) is 5.75 Å². The molecule has 0 aliphatic carbocycles. The van der Waals surface area contributed by atoms with Crippen molar-refractivity contribution in [2.24, 2.45) is 0 Å². The number of aromatic amines is 1. The summed E-state index contributed by atoms with van der Waals surface area (Å²) in [6.45, 7) is 1.96. The number of hydrogen-bond donors (Lipinski definition) is 2. The average Bonchev–Trinajstić information content (AvgIpc) is 3.06. The van der Waals surface area contributed by atoms with Gasteiger partial charge in [0.25, 0.3) is 0 Å². The highest BCUT2D eigenvalue weighted by Gasteiger charge is 2.17. The van der Waals surface area contributed by atoms with E-state index in [1.165, 1.54) is 13.0 Å². The van der Waals surface area contributed by atoms with Gasteiger partial charge in [0.1, 0.15) is 5.75 Å². The van der Waals surface area contributed by atoms with Crippen molar-refractivity contribution in [3.05, 3.63) is 71.4 Å². The van der Waals surface area contributed by atoms with Gasteiger partial charge in [0.15, 0.2) is 5.78 Å². The van der Waals surface area contributed by atoms with E-state index >= 15 is 0 Å². The maximum Gasteiger partial charge on any atom is 0.244 e. The van der Waals surface area contributed by atoms with Crippen LogP contribution < -0.4 is 10.1 Å². The topological polar surface area (TPSA) is 71.2 Å². The van der Waals surface area contributed by atoms with E-state index in [1.54, 1.807) is 13.2 Å². The maximum atomic E-state index is 12.0. The molecule has 0 bridgehead atoms. The van der Waals surface area contributed by atoms with Crippen molar-refractivity contribution in [2.45, 2.75) is 13.3 Å². The zero-order valence-corrected chi connectivity index (χ0v) is 15.4. The lowest BCUT2D eigenvalue weighted by atomic mass is 10.1. The second kappa shape index (κ2) is 8.36. The van der Waals surface area contributed by atoms with Gasteiger partial charge in [-0.1, -0.05) is 42.5 Å². The zero-order valence-electron chi connectivity index (χ0n) is 15.4. The smallest absolute Gasteiger partial charge is 0.244 e. The molecule has 0 aliphatic rings. The molecule has 1 amide bonds. The number of methoxy groups -OCH3 is 1. The number of ether oxygens (including phenoxy) is 1. The summed E-state index contributed by atoms with van der Waals surface area (Å²) in [4.78, 5) is 27.2. The fourth-order valence-corrected chi connectivity index (χ4v) is 3.08. The predicted octanol–water partition coefficient (Wildman–Crippen LogP) is 3.75. The Morgan fingerprint density at radius 1 is 1.11 bits per heavy atom. The molecule has 1 heterocycles. The van der Waals surface area contributed by atoms with Crippen LogP contribution in [0.15, 0.2) is 54.6 Å². The monoisotopic (exact) mass is 362 g/mol. The number of ketones is 1. The number of carbonyl (C=O) groups is 2. The molecule has 0 saturated carbocycles. The van der Waals surface area contributed by atoms with Gasteiger partial charge in [0.2, 0.25) is 5.91 Å². The largest absolute Gasteiger partial charge is 0.495 e. The van der Waals surface area contributed by atoms with Gasteiger partial charge in [-0.25, -0.2) is 0 Å². The molecule has 138 valence electrons. The Morgan fingerprint density at radius 2 is 1.89 bits per heavy atom. The first-order valence-electron chi connectivity index (χ1n) is 8.79. The molecule has 0 radical (unpaired) electrons. The number of benzene rings is 2. The molecule has 5 nitrogen and oxygen atoms in total. The van der Waals surface area contributed by atoms with Crippen LogP contribution in [0, 0.1) is 0 Å². The Kier molecular flexibility index (Phi) is 5.71. The summed E-state index contributed by atoms with van der Waals surface area (Å²) >= 11 is 0. The summed E-state index contributed by atoms with van der Waals surface area (Å²) in [5.41, 5.74) is 3.22. The number of carbonyl (C=O) groups excluding carboxylic acids is 2. The van der Waals surface area contributed by atoms with Crippen molar-refractivity contribution in [2.75, 3.05) is 13.7 Å². The van der Waals surface area contributed by atoms with Crippen molar-refractivity contribution in [1.29, 1.82) is 0 Å². The second-order valence-corrected chi connectivity index (χ2v) is 6.20. The number of nitrogens with one attached hydrogen (secondary N) is 2. The van der Waals surface area contributed by atoms with Crippen LogP contribution in [0.3, 0.4) is 0 Å². The normalized spacial score (nSPS) is 11.0. The Balaban J connectivity index is 1.71. The fraction of sp³-hybridized carbons (Fsp3) is 0.182. The van der Waals surface area contributed by atoms with Gasteiger partial charge in [-0.3, -0.25) is 9.59 Å². The molecule has 0 atom stereocenters. The van der Waals surface area contributed by atoms with Crippen molar-refractivity contribution < 1.29 is 14.3 Å². The lowest BCUT2D eigenvalue weighted by Crippen LogP contribution is -2.23. The Labute approximate surface area is 158 Å². The highest BCUT2D eigenvalue weighted by molar-refractivity contribution is 6.02. The first-order chi connectivity index (χ1) is 13.1. The van der Waals surface area contributed by atoms with Gasteiger partial charge in [-0.2, -0.15) is 0 Å². The summed E-state index contributed by atoms with van der Waals surface area (Å²) in [5.74, 6) is 0.482. The molecule has 0 aliphatic heterocycles. The summed E-state index contributed by atoms with van der Waals surface area (Å²) < 4.78 is 5.37. The molecule has 27 heavy (non-hydrogen) atoms. The van der Waals surface area contributed by atoms with Gasteiger partial charge >= 0.3 is 0 Å². The van der Waals surface area contributed by atoms with Crippen LogP contribution in [0.25, 0.3) is 17.0 Å². The second-order valence-electron chi connectivity index (χ2n) is 6.20. The average molecular weight is 362 g/mol. The molecule has 2 N–H and O–H groups in total. The van der Waals surface area contributed by atoms with Gasteiger partial charge in [-0.05, 0) is 29.7 Å². The van der Waals surface area contributed by atoms with E-state index in [9.17, 15) is 9.59 Å². The van der Waals surface area contributed by atoms with Crippen LogP contribution in [-0.2, 0) is 11.2 Å². The summed E-state index contributed by atoms with van der Waals surface area (Å²) in [7, 11) is 1.60. The molecule has 2 aromatic carbocycles. The Hall–Kier alpha value is -3.34. The van der Waals surface area contributed by atoms with E-state index in [1.807, 2.05) is 48.5 Å². The van der Waals surface area contributed by atoms with Crippen LogP contribution in [0.4, 0.5) is 0 Å². The molecule has 0 spiro atoms. The van der Waals surface area contributed by atoms with Crippen molar-refractivity contribution in [3.63, 3.8) is 0 Å². The van der Waals surface area contributed by atoms with E-state index in [-0.39, 0.29) is 11.7 Å². The molecule has 1 aromatic heterocycles. The molecular formula is C22H22N2O3. The SMILES string of the molecule is COc1cccc2c(CCNC(=O)/C=C/c3ccccc3)c(C(C)=O)[nH]c12. The number of para-hydroxylation sites is 1. The quantitative estimate of drug-likeness (QED) is 0.497. The van der Waals surface area contributed by atoms with Crippen molar-refractivity contribution in [1.82, 2.24) is 10.3 Å². The van der Waals surface area contributed by atoms with Crippen LogP contribution in [-0.4, -0.2) is 30.3 Å². The Morgan fingerprint density at radius 3 is 2.59 bits per heavy atom. The van der Waals surface area contributed by atoms with E-state index in [2.05, 4.69) is 10.3 Å². The minimum Gasteiger partial charge on any atom is -0.495 e. The highest BCUT2D eigenvalue weighted by atomic mass is 16.5. The number of Topliss-reactive ketones (excluding diaryl/α,β-unsaturated/α-hetero) is 1. The molecule has 0 fully saturated rings. The third-order valence-corrected chi connectivity index (χ3v) is 4.38. The highest BCUT2D eigenvalue weighted by Crippen LogP contribution is 2.30. The first-order valence-corrected chi connectivity index (χ1v) is 8.79. The number of H-pyrrole nitrogens is 1. The van der Waals surface area contributed by atoms with Gasteiger partial charge in [0.05, 0.1) is 18.3 Å². The molecule has 0 saturated heterocycles. The summed E-state index contributed by atoms with van der Waals surface area (Å²) in [6.07, 6.45) is 3.83. The number of rotatable bonds is 7. The molecular weight excluding hydrogens is 340 g/mol. The number of aromatic nitrogens is 1. The van der Waals surface area contributed by atoms with Gasteiger partial charge in [0, 0.05) is 24.9 Å². The minimum atomic E-state index is -0.166. The molecule has 3 rings (SSSR count). The minimum absolute atomic E-state index is 0.0430. The van der Waals surface area contributed by atoms with E-state index in [0.717, 1.165) is 22.0 Å². The summed E-state index contributed by atoms with van der Waals surface area (Å²) in [5, 5.41) is 3.81. The standard InChI is InChI=1S/C22H22N2O3/c1-15(25)21-18(17-9-6-10-19(27-2)22(17)24-21)13-14-23-20(26)12-11-16-7-4-3-5-8-16/h3-12,24H,13-14H2,1-2H3,(H,23,26)/b12-11+. The van der Waals surface area contributed by atoms with E-state index in [4.69, 9.17) is 4.74 Å². The Bertz CT molecular complexity index is 987. The van der Waals surface area contributed by atoms with Crippen LogP contribution >= 0.6 is 0 Å². The molecule has 3 aromatic rings. The van der Waals surface area contributed by atoms with Crippen molar-refractivity contribution >= 4 is 28.7 Å². The van der Waals surface area contributed by atoms with E-state index in [0.29, 0.717) is 24.4 Å². The van der Waals surface area contributed by atoms with Crippen molar-refractivity contribution in [3.8, 4) is 5.75 Å². The number of fused-ring (bicyclic) bond motifs is 1. The van der Waals surface area contributed by atoms with Gasteiger partial charge in [-0.15, -0.1) is 0 Å². The third kappa shape index (κ3) is 4.26. The lowest BCUT2D eigenvalue weighted by molar-refractivity contribution is -0.116. The third-order valence-electron chi connectivity index (χ3n) is 4.38. The van der Waals surface area contributed by atoms with E-state index < -0.39 is 0 Å². The molecule has 5 heteroatoms. The number of hydrogen-bond acceptors (Lipinski definition) is 3. The fourth-order valence-electron chi connectivity index (χ4n) is 3.08. The van der Waals surface area contributed by atoms with Crippen LogP contribution in [0.1, 0.15) is 28.5 Å². The predicted molar refractivity (Wildman–Crippen MR) is 107 cm³/mol. The number of amides is 1.